The predicted molar refractivity (Wildman–Crippen MR) is 127 cm³/mol. The Morgan fingerprint density at radius 3 is 2.61 bits per heavy atom. The van der Waals surface area contributed by atoms with Crippen molar-refractivity contribution in [1.82, 2.24) is 9.88 Å². The van der Waals surface area contributed by atoms with Crippen LogP contribution in [-0.4, -0.2) is 36.0 Å². The first-order chi connectivity index (χ1) is 15.0. The first-order valence-electron chi connectivity index (χ1n) is 11.4. The Bertz CT molecular complexity index is 1070. The lowest BCUT2D eigenvalue weighted by Gasteiger charge is -2.32. The second-order valence-electron chi connectivity index (χ2n) is 9.08. The summed E-state index contributed by atoms with van der Waals surface area (Å²) in [5.41, 5.74) is 7.21. The lowest BCUT2D eigenvalue weighted by atomic mass is 9.90. The number of likely N-dealkylation sites (tertiary alicyclic amines) is 1. The van der Waals surface area contributed by atoms with Gasteiger partial charge in [0.25, 0.3) is 0 Å². The molecule has 164 valence electrons. The van der Waals surface area contributed by atoms with Crippen molar-refractivity contribution in [3.8, 4) is 5.75 Å². The highest BCUT2D eigenvalue weighted by Crippen LogP contribution is 2.29. The van der Waals surface area contributed by atoms with Gasteiger partial charge in [0.1, 0.15) is 5.75 Å². The van der Waals surface area contributed by atoms with E-state index in [2.05, 4.69) is 54.9 Å². The minimum atomic E-state index is 0.256. The topological polar surface area (TPSA) is 45.3 Å². The Kier molecular flexibility index (Phi) is 6.35. The van der Waals surface area contributed by atoms with Crippen molar-refractivity contribution >= 4 is 16.8 Å². The zero-order valence-electron chi connectivity index (χ0n) is 19.3. The molecule has 0 spiro atoms. The minimum Gasteiger partial charge on any atom is -0.496 e. The Balaban J connectivity index is 1.35. The van der Waals surface area contributed by atoms with Gasteiger partial charge in [-0.3, -0.25) is 4.79 Å². The van der Waals surface area contributed by atoms with Crippen molar-refractivity contribution in [1.29, 1.82) is 0 Å². The number of aromatic amines is 1. The summed E-state index contributed by atoms with van der Waals surface area (Å²) in [6.45, 7) is 8.08. The number of nitrogens with zero attached hydrogens (tertiary/aromatic N) is 1. The quantitative estimate of drug-likeness (QED) is 0.573. The molecule has 0 unspecified atom stereocenters. The number of rotatable bonds is 6. The number of hydrogen-bond donors (Lipinski definition) is 1. The molecule has 0 radical (unpaired) electrons. The van der Waals surface area contributed by atoms with Crippen LogP contribution in [-0.2, 0) is 17.6 Å². The van der Waals surface area contributed by atoms with Crippen LogP contribution in [0.1, 0.15) is 47.2 Å². The number of benzene rings is 2. The van der Waals surface area contributed by atoms with Gasteiger partial charge in [0.2, 0.25) is 5.91 Å². The molecule has 0 atom stereocenters. The Hall–Kier alpha value is -2.75. The predicted octanol–water partition coefficient (Wildman–Crippen LogP) is 5.52. The minimum absolute atomic E-state index is 0.256. The van der Waals surface area contributed by atoms with Gasteiger partial charge in [-0.2, -0.15) is 0 Å². The molecule has 3 aromatic rings. The van der Waals surface area contributed by atoms with Gasteiger partial charge in [0.15, 0.2) is 0 Å². The molecular formula is C27H34N2O2. The fraction of sp³-hybridized carbons (Fsp3) is 0.444. The summed E-state index contributed by atoms with van der Waals surface area (Å²) >= 11 is 0. The number of para-hydroxylation sites is 1. The van der Waals surface area contributed by atoms with Crippen molar-refractivity contribution in [2.45, 2.75) is 52.9 Å². The van der Waals surface area contributed by atoms with Gasteiger partial charge in [-0.25, -0.2) is 0 Å². The van der Waals surface area contributed by atoms with E-state index in [1.165, 1.54) is 27.6 Å². The Labute approximate surface area is 185 Å². The second kappa shape index (κ2) is 9.17. The zero-order chi connectivity index (χ0) is 22.0. The molecule has 1 aromatic heterocycles. The number of amides is 1. The highest BCUT2D eigenvalue weighted by molar-refractivity contribution is 5.92. The van der Waals surface area contributed by atoms with Gasteiger partial charge in [0, 0.05) is 29.7 Å². The summed E-state index contributed by atoms with van der Waals surface area (Å²) in [7, 11) is 1.74. The third kappa shape index (κ3) is 4.63. The smallest absolute Gasteiger partial charge is 0.227 e. The summed E-state index contributed by atoms with van der Waals surface area (Å²) in [5.74, 6) is 1.91. The van der Waals surface area contributed by atoms with Gasteiger partial charge in [-0.1, -0.05) is 29.8 Å². The molecule has 1 saturated heterocycles. The van der Waals surface area contributed by atoms with Crippen LogP contribution < -0.4 is 4.74 Å². The van der Waals surface area contributed by atoms with Gasteiger partial charge in [-0.15, -0.1) is 0 Å². The highest BCUT2D eigenvalue weighted by atomic mass is 16.5. The fourth-order valence-corrected chi connectivity index (χ4v) is 5.07. The van der Waals surface area contributed by atoms with E-state index in [0.717, 1.165) is 55.8 Å². The van der Waals surface area contributed by atoms with Crippen LogP contribution in [0.3, 0.4) is 0 Å². The van der Waals surface area contributed by atoms with Crippen molar-refractivity contribution in [2.75, 3.05) is 20.2 Å². The van der Waals surface area contributed by atoms with E-state index in [4.69, 9.17) is 4.74 Å². The van der Waals surface area contributed by atoms with Crippen LogP contribution in [0, 0.1) is 26.7 Å². The number of aryl methyl sites for hydroxylation is 4. The van der Waals surface area contributed by atoms with Crippen LogP contribution in [0.25, 0.3) is 10.9 Å². The standard InChI is InChI=1S/C27H34N2O2/c1-18-15-19(2)27-24(16-18)23(20(3)28-27)17-26(30)29-13-11-21(12-14-29)9-10-22-7-5-6-8-25(22)31-4/h5-8,15-16,21,28H,9-14,17H2,1-4H3. The molecule has 1 fully saturated rings. The monoisotopic (exact) mass is 418 g/mol. The summed E-state index contributed by atoms with van der Waals surface area (Å²) in [6.07, 6.45) is 4.86. The molecule has 1 aliphatic heterocycles. The first kappa shape index (κ1) is 21.5. The van der Waals surface area contributed by atoms with Crippen molar-refractivity contribution in [3.05, 3.63) is 64.3 Å². The third-order valence-electron chi connectivity index (χ3n) is 6.88. The van der Waals surface area contributed by atoms with Gasteiger partial charge < -0.3 is 14.6 Å². The Morgan fingerprint density at radius 2 is 1.87 bits per heavy atom. The summed E-state index contributed by atoms with van der Waals surface area (Å²) in [5, 5.41) is 1.20. The molecule has 4 rings (SSSR count). The van der Waals surface area contributed by atoms with E-state index in [9.17, 15) is 4.79 Å². The van der Waals surface area contributed by atoms with Crippen LogP contribution in [0.2, 0.25) is 0 Å². The normalized spacial score (nSPS) is 14.9. The molecular weight excluding hydrogens is 384 g/mol. The molecule has 4 heteroatoms. The lowest BCUT2D eigenvalue weighted by Crippen LogP contribution is -2.39. The third-order valence-corrected chi connectivity index (χ3v) is 6.88. The van der Waals surface area contributed by atoms with Crippen molar-refractivity contribution < 1.29 is 9.53 Å². The van der Waals surface area contributed by atoms with Crippen LogP contribution in [0.4, 0.5) is 0 Å². The fourth-order valence-electron chi connectivity index (χ4n) is 5.07. The van der Waals surface area contributed by atoms with Crippen molar-refractivity contribution in [2.24, 2.45) is 5.92 Å². The molecule has 2 heterocycles. The SMILES string of the molecule is COc1ccccc1CCC1CCN(C(=O)Cc2c(C)[nH]c3c(C)cc(C)cc23)CC1. The number of aromatic nitrogens is 1. The molecule has 1 aliphatic rings. The second-order valence-corrected chi connectivity index (χ2v) is 9.08. The van der Waals surface area contributed by atoms with E-state index in [-0.39, 0.29) is 5.91 Å². The molecule has 0 aliphatic carbocycles. The summed E-state index contributed by atoms with van der Waals surface area (Å²) in [4.78, 5) is 18.7. The number of fused-ring (bicyclic) bond motifs is 1. The summed E-state index contributed by atoms with van der Waals surface area (Å²) in [6, 6.07) is 12.7. The number of piperidine rings is 1. The molecule has 1 N–H and O–H groups in total. The molecule has 2 aromatic carbocycles. The van der Waals surface area contributed by atoms with Gasteiger partial charge in [-0.05, 0) is 81.2 Å². The summed E-state index contributed by atoms with van der Waals surface area (Å²) < 4.78 is 5.48. The molecule has 0 saturated carbocycles. The van der Waals surface area contributed by atoms with E-state index in [1.807, 2.05) is 12.1 Å². The largest absolute Gasteiger partial charge is 0.496 e. The number of methoxy groups -OCH3 is 1. The lowest BCUT2D eigenvalue weighted by molar-refractivity contribution is -0.131. The van der Waals surface area contributed by atoms with E-state index < -0.39 is 0 Å². The van der Waals surface area contributed by atoms with Crippen LogP contribution in [0.5, 0.6) is 5.75 Å². The van der Waals surface area contributed by atoms with Gasteiger partial charge >= 0.3 is 0 Å². The molecule has 1 amide bonds. The zero-order valence-corrected chi connectivity index (χ0v) is 19.3. The Morgan fingerprint density at radius 1 is 1.13 bits per heavy atom. The van der Waals surface area contributed by atoms with E-state index in [0.29, 0.717) is 12.3 Å². The van der Waals surface area contributed by atoms with E-state index in [1.54, 1.807) is 7.11 Å². The number of ether oxygens (including phenoxy) is 1. The number of carbonyl (C=O) groups is 1. The van der Waals surface area contributed by atoms with Crippen molar-refractivity contribution in [3.63, 3.8) is 0 Å². The number of H-pyrrole nitrogens is 1. The van der Waals surface area contributed by atoms with E-state index >= 15 is 0 Å². The molecule has 4 nitrogen and oxygen atoms in total. The molecule has 0 bridgehead atoms. The highest BCUT2D eigenvalue weighted by Gasteiger charge is 2.24. The molecule has 31 heavy (non-hydrogen) atoms. The van der Waals surface area contributed by atoms with Crippen LogP contribution in [0.15, 0.2) is 36.4 Å². The van der Waals surface area contributed by atoms with Crippen LogP contribution >= 0.6 is 0 Å². The maximum Gasteiger partial charge on any atom is 0.227 e. The number of nitrogens with one attached hydrogen (secondary N) is 1. The maximum atomic E-state index is 13.1. The van der Waals surface area contributed by atoms with Gasteiger partial charge in [0.05, 0.1) is 13.5 Å². The average molecular weight is 419 g/mol. The average Bonchev–Trinajstić information content (AvgIpc) is 3.08. The first-order valence-corrected chi connectivity index (χ1v) is 11.4. The maximum absolute atomic E-state index is 13.1. The number of hydrogen-bond acceptors (Lipinski definition) is 2. The number of carbonyl (C=O) groups excluding carboxylic acids is 1.